The summed E-state index contributed by atoms with van der Waals surface area (Å²) in [6, 6.07) is 12.0. The van der Waals surface area contributed by atoms with Crippen LogP contribution in [0.1, 0.15) is 22.2 Å². The number of rotatable bonds is 7. The van der Waals surface area contributed by atoms with Crippen LogP contribution in [0.4, 0.5) is 0 Å². The molecular weight excluding hydrogens is 568 g/mol. The molecular formula is C22H18BrClN2O4S3. The summed E-state index contributed by atoms with van der Waals surface area (Å²) in [5.41, 5.74) is 2.22. The number of esters is 1. The number of carbonyl (C=O) groups excluding carboxylic acids is 1. The van der Waals surface area contributed by atoms with Crippen LogP contribution in [0.5, 0.6) is 0 Å². The number of carbonyl (C=O) groups is 1. The molecule has 0 amide bonds. The van der Waals surface area contributed by atoms with Crippen molar-refractivity contribution in [1.29, 1.82) is 0 Å². The summed E-state index contributed by atoms with van der Waals surface area (Å²) >= 11 is 12.2. The first-order valence-corrected chi connectivity index (χ1v) is 14.4. The van der Waals surface area contributed by atoms with Gasteiger partial charge in [-0.15, -0.1) is 23.1 Å². The second-order valence-corrected chi connectivity index (χ2v) is 12.2. The van der Waals surface area contributed by atoms with Gasteiger partial charge < -0.3 is 9.30 Å². The fraction of sp³-hybridized carbons (Fsp3) is 0.182. The van der Waals surface area contributed by atoms with Crippen LogP contribution in [0.2, 0.25) is 5.02 Å². The number of hydrogen-bond donors (Lipinski definition) is 0. The van der Waals surface area contributed by atoms with Gasteiger partial charge in [-0.1, -0.05) is 29.8 Å². The van der Waals surface area contributed by atoms with Crippen molar-refractivity contribution in [2.24, 2.45) is 0 Å². The molecule has 0 fully saturated rings. The summed E-state index contributed by atoms with van der Waals surface area (Å²) in [5, 5.41) is 0.647. The van der Waals surface area contributed by atoms with E-state index in [9.17, 15) is 13.2 Å². The number of imidazole rings is 1. The molecule has 0 aliphatic carbocycles. The molecule has 0 spiro atoms. The van der Waals surface area contributed by atoms with Crippen LogP contribution in [-0.4, -0.2) is 36.8 Å². The largest absolute Gasteiger partial charge is 0.462 e. The van der Waals surface area contributed by atoms with E-state index in [0.29, 0.717) is 25.8 Å². The summed E-state index contributed by atoms with van der Waals surface area (Å²) < 4.78 is 35.1. The number of halogens is 2. The molecule has 4 rings (SSSR count). The summed E-state index contributed by atoms with van der Waals surface area (Å²) in [6.07, 6.45) is 3.43. The average Bonchev–Trinajstić information content (AvgIpc) is 3.41. The van der Waals surface area contributed by atoms with Gasteiger partial charge in [0.05, 0.1) is 44.5 Å². The summed E-state index contributed by atoms with van der Waals surface area (Å²) in [6.45, 7) is 2.41. The Kier molecular flexibility index (Phi) is 7.20. The van der Waals surface area contributed by atoms with E-state index in [1.165, 1.54) is 17.8 Å². The number of thiophene rings is 1. The van der Waals surface area contributed by atoms with Crippen molar-refractivity contribution < 1.29 is 17.9 Å². The molecule has 0 unspecified atom stereocenters. The number of thioether (sulfide) groups is 1. The number of nitrogens with zero attached hydrogens (tertiary/aromatic N) is 2. The Morgan fingerprint density at radius 3 is 2.73 bits per heavy atom. The summed E-state index contributed by atoms with van der Waals surface area (Å²) in [4.78, 5) is 17.0. The lowest BCUT2D eigenvalue weighted by molar-refractivity contribution is 0.0532. The molecule has 0 atom stereocenters. The molecule has 33 heavy (non-hydrogen) atoms. The zero-order chi connectivity index (χ0) is 23.8. The van der Waals surface area contributed by atoms with E-state index in [1.54, 1.807) is 31.6 Å². The summed E-state index contributed by atoms with van der Waals surface area (Å²) in [5.74, 6) is -0.533. The first kappa shape index (κ1) is 24.3. The highest BCUT2D eigenvalue weighted by Crippen LogP contribution is 2.39. The SMILES string of the molecule is CCOC(=O)c1cc(S(=O)(=O)c2cc(Br)c3c(c2)ncn3Cc2ccccc2Cl)c(SC)s1. The maximum absolute atomic E-state index is 13.5. The molecule has 0 N–H and O–H groups in total. The molecule has 2 aromatic carbocycles. The lowest BCUT2D eigenvalue weighted by Crippen LogP contribution is -2.04. The second-order valence-electron chi connectivity index (χ2n) is 6.93. The van der Waals surface area contributed by atoms with Crippen LogP contribution in [-0.2, 0) is 21.1 Å². The minimum absolute atomic E-state index is 0.0878. The second kappa shape index (κ2) is 9.79. The number of aromatic nitrogens is 2. The molecule has 11 heteroatoms. The summed E-state index contributed by atoms with van der Waals surface area (Å²) in [7, 11) is -3.90. The van der Waals surface area contributed by atoms with Crippen molar-refractivity contribution in [3.63, 3.8) is 0 Å². The quantitative estimate of drug-likeness (QED) is 0.187. The van der Waals surface area contributed by atoms with Crippen LogP contribution in [0.3, 0.4) is 0 Å². The number of hydrogen-bond acceptors (Lipinski definition) is 7. The Labute approximate surface area is 213 Å². The van der Waals surface area contributed by atoms with Crippen molar-refractivity contribution in [3.8, 4) is 0 Å². The minimum atomic E-state index is -3.90. The monoisotopic (exact) mass is 584 g/mol. The van der Waals surface area contributed by atoms with Gasteiger partial charge in [0.15, 0.2) is 0 Å². The Balaban J connectivity index is 1.76. The van der Waals surface area contributed by atoms with E-state index in [4.69, 9.17) is 16.3 Å². The maximum atomic E-state index is 13.5. The van der Waals surface area contributed by atoms with Crippen molar-refractivity contribution in [2.75, 3.05) is 12.9 Å². The Hall–Kier alpha value is -1.85. The molecule has 0 radical (unpaired) electrons. The number of benzene rings is 2. The average molecular weight is 586 g/mol. The molecule has 2 heterocycles. The number of fused-ring (bicyclic) bond motifs is 1. The van der Waals surface area contributed by atoms with Crippen LogP contribution in [0.15, 0.2) is 67.3 Å². The molecule has 2 aromatic heterocycles. The van der Waals surface area contributed by atoms with Gasteiger partial charge in [0, 0.05) is 9.50 Å². The smallest absolute Gasteiger partial charge is 0.348 e. The highest BCUT2D eigenvalue weighted by molar-refractivity contribution is 9.10. The highest BCUT2D eigenvalue weighted by Gasteiger charge is 2.28. The maximum Gasteiger partial charge on any atom is 0.348 e. The Bertz CT molecular complexity index is 1460. The van der Waals surface area contributed by atoms with E-state index in [2.05, 4.69) is 20.9 Å². The van der Waals surface area contributed by atoms with Gasteiger partial charge in [0.2, 0.25) is 9.84 Å². The first-order chi connectivity index (χ1) is 15.8. The van der Waals surface area contributed by atoms with Gasteiger partial charge in [0.25, 0.3) is 0 Å². The van der Waals surface area contributed by atoms with Crippen molar-refractivity contribution in [1.82, 2.24) is 9.55 Å². The van der Waals surface area contributed by atoms with Crippen molar-refractivity contribution >= 4 is 77.5 Å². The predicted octanol–water partition coefficient (Wildman–Crippen LogP) is 6.29. The topological polar surface area (TPSA) is 78.3 Å². The molecule has 4 aromatic rings. The van der Waals surface area contributed by atoms with Crippen LogP contribution in [0.25, 0.3) is 11.0 Å². The molecule has 0 aliphatic rings. The third kappa shape index (κ3) is 4.72. The van der Waals surface area contributed by atoms with Gasteiger partial charge in [-0.2, -0.15) is 0 Å². The van der Waals surface area contributed by atoms with Crippen LogP contribution in [0, 0.1) is 0 Å². The van der Waals surface area contributed by atoms with Crippen molar-refractivity contribution in [3.05, 3.63) is 68.7 Å². The number of sulfone groups is 1. The first-order valence-electron chi connectivity index (χ1n) is 9.74. The third-order valence-electron chi connectivity index (χ3n) is 4.87. The fourth-order valence-corrected chi connectivity index (χ4v) is 8.29. The molecule has 0 saturated carbocycles. The van der Waals surface area contributed by atoms with Gasteiger partial charge in [-0.25, -0.2) is 18.2 Å². The van der Waals surface area contributed by atoms with E-state index in [0.717, 1.165) is 22.4 Å². The Morgan fingerprint density at radius 2 is 2.03 bits per heavy atom. The number of ether oxygens (including phenoxy) is 1. The van der Waals surface area contributed by atoms with Crippen LogP contribution < -0.4 is 0 Å². The van der Waals surface area contributed by atoms with E-state index < -0.39 is 15.8 Å². The van der Waals surface area contributed by atoms with E-state index in [-0.39, 0.29) is 21.3 Å². The van der Waals surface area contributed by atoms with Crippen molar-refractivity contribution in [2.45, 2.75) is 27.5 Å². The zero-order valence-electron chi connectivity index (χ0n) is 17.5. The minimum Gasteiger partial charge on any atom is -0.462 e. The molecule has 0 aliphatic heterocycles. The lowest BCUT2D eigenvalue weighted by atomic mass is 10.2. The highest BCUT2D eigenvalue weighted by atomic mass is 79.9. The van der Waals surface area contributed by atoms with Gasteiger partial charge in [-0.3, -0.25) is 0 Å². The van der Waals surface area contributed by atoms with E-state index in [1.807, 2.05) is 28.8 Å². The molecule has 0 saturated heterocycles. The molecule has 0 bridgehead atoms. The molecule has 172 valence electrons. The van der Waals surface area contributed by atoms with Crippen LogP contribution >= 0.6 is 50.6 Å². The van der Waals surface area contributed by atoms with Gasteiger partial charge in [0.1, 0.15) is 4.88 Å². The predicted molar refractivity (Wildman–Crippen MR) is 135 cm³/mol. The van der Waals surface area contributed by atoms with Gasteiger partial charge in [-0.05, 0) is 58.9 Å². The zero-order valence-corrected chi connectivity index (χ0v) is 22.3. The standard InChI is InChI=1S/C22H18BrClN2O4S3/c1-3-30-21(27)18-10-19(22(31-2)32-18)33(28,29)14-8-15(23)20-17(9-14)25-12-26(20)11-13-6-4-5-7-16(13)24/h4-10,12H,3,11H2,1-2H3. The van der Waals surface area contributed by atoms with Gasteiger partial charge >= 0.3 is 5.97 Å². The third-order valence-corrected chi connectivity index (χ3v) is 10.1. The fourth-order valence-electron chi connectivity index (χ4n) is 3.33. The lowest BCUT2D eigenvalue weighted by Gasteiger charge is -2.09. The molecule has 6 nitrogen and oxygen atoms in total. The Morgan fingerprint density at radius 1 is 1.27 bits per heavy atom. The normalized spacial score (nSPS) is 11.8. The van der Waals surface area contributed by atoms with E-state index >= 15 is 0 Å².